The Kier molecular flexibility index (Phi) is 3.83. The first-order chi connectivity index (χ1) is 9.34. The highest BCUT2D eigenvalue weighted by molar-refractivity contribution is 6.38. The molecule has 0 bridgehead atoms. The third-order valence-corrected chi connectivity index (χ3v) is 3.59. The predicted molar refractivity (Wildman–Crippen MR) is 75.4 cm³/mol. The predicted octanol–water partition coefficient (Wildman–Crippen LogP) is 2.43. The number of nitrogens with zero attached hydrogens (tertiary/aromatic N) is 2. The molecule has 0 aliphatic carbocycles. The SMILES string of the molecule is CN1C(=O)C(=Cc2c(Cl)cccc2Cl)C(=O)N(C)C1=O. The fourth-order valence-corrected chi connectivity index (χ4v) is 2.27. The molecule has 1 aromatic carbocycles. The lowest BCUT2D eigenvalue weighted by molar-refractivity contribution is -0.134. The summed E-state index contributed by atoms with van der Waals surface area (Å²) in [6.45, 7) is 0. The number of hydrogen-bond acceptors (Lipinski definition) is 3. The van der Waals surface area contributed by atoms with Crippen LogP contribution in [0.5, 0.6) is 0 Å². The summed E-state index contributed by atoms with van der Waals surface area (Å²) in [6, 6.07) is 4.16. The normalized spacial score (nSPS) is 16.0. The van der Waals surface area contributed by atoms with Crippen LogP contribution in [-0.2, 0) is 9.59 Å². The molecule has 5 nitrogen and oxygen atoms in total. The smallest absolute Gasteiger partial charge is 0.268 e. The van der Waals surface area contributed by atoms with Crippen LogP contribution in [0.3, 0.4) is 0 Å². The Morgan fingerprint density at radius 3 is 1.85 bits per heavy atom. The Balaban J connectivity index is 2.55. The van der Waals surface area contributed by atoms with Crippen molar-refractivity contribution in [3.63, 3.8) is 0 Å². The Bertz CT molecular complexity index is 609. The second kappa shape index (κ2) is 5.26. The van der Waals surface area contributed by atoms with E-state index in [9.17, 15) is 14.4 Å². The van der Waals surface area contributed by atoms with Gasteiger partial charge in [-0.25, -0.2) is 4.79 Å². The lowest BCUT2D eigenvalue weighted by Gasteiger charge is -2.28. The van der Waals surface area contributed by atoms with Crippen LogP contribution in [0.25, 0.3) is 6.08 Å². The third kappa shape index (κ3) is 2.30. The molecule has 1 aromatic rings. The molecule has 1 aliphatic rings. The zero-order chi connectivity index (χ0) is 15.0. The van der Waals surface area contributed by atoms with E-state index in [1.807, 2.05) is 0 Å². The molecule has 0 unspecified atom stereocenters. The Hall–Kier alpha value is -1.85. The molecular weight excluding hydrogens is 303 g/mol. The van der Waals surface area contributed by atoms with E-state index >= 15 is 0 Å². The maximum atomic E-state index is 12.0. The Morgan fingerprint density at radius 1 is 0.950 bits per heavy atom. The van der Waals surface area contributed by atoms with E-state index in [2.05, 4.69) is 0 Å². The quantitative estimate of drug-likeness (QED) is 0.591. The van der Waals surface area contributed by atoms with Gasteiger partial charge in [0.1, 0.15) is 5.57 Å². The molecule has 0 atom stereocenters. The maximum absolute atomic E-state index is 12.0. The number of benzene rings is 1. The van der Waals surface area contributed by atoms with Gasteiger partial charge in [0.25, 0.3) is 11.8 Å². The van der Waals surface area contributed by atoms with Gasteiger partial charge in [0.2, 0.25) is 0 Å². The number of rotatable bonds is 1. The summed E-state index contributed by atoms with van der Waals surface area (Å²) >= 11 is 12.0. The van der Waals surface area contributed by atoms with Crippen molar-refractivity contribution in [2.75, 3.05) is 14.1 Å². The molecule has 104 valence electrons. The minimum Gasteiger partial charge on any atom is -0.268 e. The van der Waals surface area contributed by atoms with E-state index in [1.54, 1.807) is 18.2 Å². The van der Waals surface area contributed by atoms with Crippen LogP contribution in [0.1, 0.15) is 5.56 Å². The molecule has 0 saturated carbocycles. The molecule has 7 heteroatoms. The lowest BCUT2D eigenvalue weighted by atomic mass is 10.1. The summed E-state index contributed by atoms with van der Waals surface area (Å²) in [6.07, 6.45) is 1.30. The van der Waals surface area contributed by atoms with Gasteiger partial charge in [0.05, 0.1) is 0 Å². The highest BCUT2D eigenvalue weighted by atomic mass is 35.5. The van der Waals surface area contributed by atoms with Crippen molar-refractivity contribution >= 4 is 47.1 Å². The maximum Gasteiger partial charge on any atom is 0.333 e. The summed E-state index contributed by atoms with van der Waals surface area (Å²) < 4.78 is 0. The van der Waals surface area contributed by atoms with Gasteiger partial charge in [-0.15, -0.1) is 0 Å². The van der Waals surface area contributed by atoms with E-state index in [4.69, 9.17) is 23.2 Å². The summed E-state index contributed by atoms with van der Waals surface area (Å²) in [4.78, 5) is 37.4. The van der Waals surface area contributed by atoms with E-state index in [1.165, 1.54) is 20.2 Å². The van der Waals surface area contributed by atoms with Crippen molar-refractivity contribution in [2.45, 2.75) is 0 Å². The number of carbonyl (C=O) groups is 3. The second-order valence-corrected chi connectivity index (χ2v) is 5.02. The zero-order valence-corrected chi connectivity index (χ0v) is 12.2. The van der Waals surface area contributed by atoms with Crippen LogP contribution in [0.15, 0.2) is 23.8 Å². The Morgan fingerprint density at radius 2 is 1.40 bits per heavy atom. The monoisotopic (exact) mass is 312 g/mol. The lowest BCUT2D eigenvalue weighted by Crippen LogP contribution is -2.52. The average molecular weight is 313 g/mol. The molecule has 1 fully saturated rings. The molecule has 4 amide bonds. The number of likely N-dealkylation sites (N-methyl/N-ethyl adjacent to an activating group) is 2. The molecule has 1 aliphatic heterocycles. The molecule has 0 N–H and O–H groups in total. The van der Waals surface area contributed by atoms with E-state index in [0.29, 0.717) is 15.6 Å². The largest absolute Gasteiger partial charge is 0.333 e. The first kappa shape index (κ1) is 14.6. The molecule has 2 rings (SSSR count). The fraction of sp³-hybridized carbons (Fsp3) is 0.154. The highest BCUT2D eigenvalue weighted by Crippen LogP contribution is 2.28. The van der Waals surface area contributed by atoms with Gasteiger partial charge in [-0.2, -0.15) is 0 Å². The van der Waals surface area contributed by atoms with Crippen LogP contribution in [0, 0.1) is 0 Å². The van der Waals surface area contributed by atoms with Gasteiger partial charge >= 0.3 is 6.03 Å². The summed E-state index contributed by atoms with van der Waals surface area (Å²) in [5, 5.41) is 0.626. The number of halogens is 2. The van der Waals surface area contributed by atoms with Gasteiger partial charge in [-0.3, -0.25) is 19.4 Å². The molecule has 20 heavy (non-hydrogen) atoms. The summed E-state index contributed by atoms with van der Waals surface area (Å²) in [5.41, 5.74) is 0.202. The minimum absolute atomic E-state index is 0.162. The number of hydrogen-bond donors (Lipinski definition) is 0. The van der Waals surface area contributed by atoms with Crippen LogP contribution in [0.4, 0.5) is 4.79 Å². The third-order valence-electron chi connectivity index (χ3n) is 2.93. The molecule has 1 saturated heterocycles. The molecule has 0 aromatic heterocycles. The number of urea groups is 1. The van der Waals surface area contributed by atoms with E-state index in [0.717, 1.165) is 9.80 Å². The molecule has 0 spiro atoms. The van der Waals surface area contributed by atoms with E-state index in [-0.39, 0.29) is 5.57 Å². The zero-order valence-electron chi connectivity index (χ0n) is 10.7. The van der Waals surface area contributed by atoms with Crippen molar-refractivity contribution in [1.82, 2.24) is 9.80 Å². The van der Waals surface area contributed by atoms with Gasteiger partial charge in [0, 0.05) is 29.7 Å². The number of amides is 4. The van der Waals surface area contributed by atoms with Crippen molar-refractivity contribution in [2.24, 2.45) is 0 Å². The molecule has 0 radical (unpaired) electrons. The molecular formula is C13H10Cl2N2O3. The number of imide groups is 2. The fourth-order valence-electron chi connectivity index (χ4n) is 1.77. The van der Waals surface area contributed by atoms with Crippen LogP contribution in [-0.4, -0.2) is 41.7 Å². The van der Waals surface area contributed by atoms with Crippen LogP contribution < -0.4 is 0 Å². The standard InChI is InChI=1S/C13H10Cl2N2O3/c1-16-11(18)8(12(19)17(2)13(16)20)6-7-9(14)4-3-5-10(7)15/h3-6H,1-2H3. The first-order valence-corrected chi connectivity index (χ1v) is 6.36. The van der Waals surface area contributed by atoms with Crippen molar-refractivity contribution in [1.29, 1.82) is 0 Å². The van der Waals surface area contributed by atoms with Crippen molar-refractivity contribution < 1.29 is 14.4 Å². The number of carbonyl (C=O) groups excluding carboxylic acids is 3. The molecule has 1 heterocycles. The minimum atomic E-state index is -0.686. The summed E-state index contributed by atoms with van der Waals surface area (Å²) in [7, 11) is 2.60. The Labute approximate surface area is 125 Å². The van der Waals surface area contributed by atoms with Gasteiger partial charge in [-0.05, 0) is 18.2 Å². The van der Waals surface area contributed by atoms with Crippen molar-refractivity contribution in [3.8, 4) is 0 Å². The van der Waals surface area contributed by atoms with Gasteiger partial charge in [0.15, 0.2) is 0 Å². The second-order valence-electron chi connectivity index (χ2n) is 4.20. The van der Waals surface area contributed by atoms with E-state index < -0.39 is 17.8 Å². The van der Waals surface area contributed by atoms with Gasteiger partial charge in [-0.1, -0.05) is 29.3 Å². The first-order valence-electron chi connectivity index (χ1n) is 5.60. The van der Waals surface area contributed by atoms with Crippen molar-refractivity contribution in [3.05, 3.63) is 39.4 Å². The van der Waals surface area contributed by atoms with Crippen LogP contribution in [0.2, 0.25) is 10.0 Å². The van der Waals surface area contributed by atoms with Gasteiger partial charge < -0.3 is 0 Å². The number of barbiturate groups is 1. The van der Waals surface area contributed by atoms with Crippen LogP contribution >= 0.6 is 23.2 Å². The highest BCUT2D eigenvalue weighted by Gasteiger charge is 2.37. The topological polar surface area (TPSA) is 57.7 Å². The average Bonchev–Trinajstić information content (AvgIpc) is 2.42. The summed E-state index contributed by atoms with van der Waals surface area (Å²) in [5.74, 6) is -1.37.